The summed E-state index contributed by atoms with van der Waals surface area (Å²) < 4.78 is 63.3. The molecule has 2 amide bonds. The number of azide groups is 1. The molecule has 0 bridgehead atoms. The van der Waals surface area contributed by atoms with Gasteiger partial charge in [-0.05, 0) is 35.9 Å². The van der Waals surface area contributed by atoms with Crippen LogP contribution in [-0.4, -0.2) is 233 Å². The van der Waals surface area contributed by atoms with Crippen molar-refractivity contribution >= 4 is 17.8 Å². The number of amides is 2. The highest BCUT2D eigenvalue weighted by Gasteiger charge is 2.57. The Morgan fingerprint density at radius 3 is 2.21 bits per heavy atom. The third-order valence-corrected chi connectivity index (χ3v) is 11.2. The quantitative estimate of drug-likeness (QED) is 0.0187. The Morgan fingerprint density at radius 1 is 0.857 bits per heavy atom. The molecule has 12 N–H and O–H groups in total. The lowest BCUT2D eigenvalue weighted by molar-refractivity contribution is -0.367. The minimum Gasteiger partial charge on any atom is -0.477 e. The number of halogens is 1. The summed E-state index contributed by atoms with van der Waals surface area (Å²) in [7, 11) is 0. The van der Waals surface area contributed by atoms with E-state index >= 15 is 0 Å². The molecule has 0 aliphatic carbocycles. The van der Waals surface area contributed by atoms with E-state index in [9.17, 15) is 69.8 Å². The van der Waals surface area contributed by atoms with Crippen molar-refractivity contribution in [3.63, 3.8) is 0 Å². The lowest BCUT2D eigenvalue weighted by Crippen LogP contribution is -2.69. The zero-order chi connectivity index (χ0) is 51.0. The molecule has 2 aromatic rings. The molecule has 28 heteroatoms. The number of carboxylic acid groups (broad SMARTS) is 1. The Labute approximate surface area is 397 Å². The molecule has 27 nitrogen and oxygen atoms in total. The summed E-state index contributed by atoms with van der Waals surface area (Å²) in [5, 5.41) is 116. The van der Waals surface area contributed by atoms with E-state index in [0.29, 0.717) is 5.75 Å². The minimum atomic E-state index is -3.02. The average molecular weight is 1000 g/mol. The summed E-state index contributed by atoms with van der Waals surface area (Å²) in [6.45, 7) is -3.85. The van der Waals surface area contributed by atoms with E-state index in [0.717, 1.165) is 0 Å². The van der Waals surface area contributed by atoms with E-state index in [1.165, 1.54) is 18.2 Å². The van der Waals surface area contributed by atoms with Crippen molar-refractivity contribution in [2.24, 2.45) is 5.11 Å². The molecular formula is C42H58FN5O22. The van der Waals surface area contributed by atoms with Gasteiger partial charge in [0.1, 0.15) is 72.5 Å². The summed E-state index contributed by atoms with van der Waals surface area (Å²) in [6.07, 6.45) is -28.1. The maximum Gasteiger partial charge on any atom is 0.364 e. The van der Waals surface area contributed by atoms with Gasteiger partial charge >= 0.3 is 5.97 Å². The summed E-state index contributed by atoms with van der Waals surface area (Å²) in [5.74, 6) is -6.32. The molecule has 390 valence electrons. The lowest BCUT2D eigenvalue weighted by atomic mass is 9.88. The second kappa shape index (κ2) is 27.1. The largest absolute Gasteiger partial charge is 0.477 e. The highest BCUT2D eigenvalue weighted by molar-refractivity contribution is 5.94. The second-order valence-electron chi connectivity index (χ2n) is 16.0. The molecule has 2 aromatic carbocycles. The molecule has 3 heterocycles. The molecule has 0 radical (unpaired) electrons. The summed E-state index contributed by atoms with van der Waals surface area (Å²) in [6, 6.07) is 12.7. The van der Waals surface area contributed by atoms with Gasteiger partial charge in [-0.25, -0.2) is 9.18 Å². The standard InChI is InChI=1S/C42H58FN5O22/c43-17-28(52)47-29-24(50)16-42(41(60)61,70-37(29)30(53)25(51)18-45-38(59)21-5-4-8-23(15-21)66-22-6-2-1-3-7-22)65-20-27-31(54)32(55)34(57)40(68-27)69-36-26(19-49)67-39(35(58)33(36)56)64-14-13-63-12-11-62-10-9-46-48-44/h1-8,15,24-27,29-37,39-40,49-51,53-58H,9-14,16-20H2,(H,45,59)(H,47,52)(H,60,61)/t24-,25-,26?,27?,29-,30-,31+,32+,33-,34?,35?,36-,37?,39-,40+,42-/m1/s1. The highest BCUT2D eigenvalue weighted by Crippen LogP contribution is 2.36. The number of rotatable bonds is 26. The third-order valence-electron chi connectivity index (χ3n) is 11.2. The van der Waals surface area contributed by atoms with E-state index in [1.54, 1.807) is 36.4 Å². The smallest absolute Gasteiger partial charge is 0.364 e. The zero-order valence-electron chi connectivity index (χ0n) is 37.2. The van der Waals surface area contributed by atoms with Crippen molar-refractivity contribution in [3.05, 3.63) is 70.6 Å². The molecule has 3 saturated heterocycles. The number of aliphatic carboxylic acids is 1. The van der Waals surface area contributed by atoms with Crippen LogP contribution in [0, 0.1) is 0 Å². The summed E-state index contributed by atoms with van der Waals surface area (Å²) >= 11 is 0. The van der Waals surface area contributed by atoms with E-state index < -0.39 is 148 Å². The van der Waals surface area contributed by atoms with Crippen molar-refractivity contribution in [1.82, 2.24) is 10.6 Å². The molecule has 3 aliphatic rings. The number of hydrogen-bond acceptors (Lipinski definition) is 22. The predicted octanol–water partition coefficient (Wildman–Crippen LogP) is -3.68. The molecule has 3 fully saturated rings. The van der Waals surface area contributed by atoms with Gasteiger partial charge in [0, 0.05) is 30.0 Å². The fraction of sp³-hybridized carbons (Fsp3) is 0.643. The average Bonchev–Trinajstić information content (AvgIpc) is 3.35. The summed E-state index contributed by atoms with van der Waals surface area (Å²) in [5.41, 5.74) is 8.34. The van der Waals surface area contributed by atoms with E-state index in [1.807, 2.05) is 0 Å². The van der Waals surface area contributed by atoms with Crippen LogP contribution in [0.25, 0.3) is 10.4 Å². The van der Waals surface area contributed by atoms with Crippen molar-refractivity contribution < 1.29 is 112 Å². The summed E-state index contributed by atoms with van der Waals surface area (Å²) in [4.78, 5) is 40.8. The first-order valence-corrected chi connectivity index (χ1v) is 21.8. The first-order chi connectivity index (χ1) is 33.5. The molecule has 3 aliphatic heterocycles. The number of carbonyl (C=O) groups excluding carboxylic acids is 2. The second-order valence-corrected chi connectivity index (χ2v) is 16.0. The first-order valence-electron chi connectivity index (χ1n) is 21.8. The number of aliphatic hydroxyl groups excluding tert-OH is 9. The van der Waals surface area contributed by atoms with Gasteiger partial charge in [-0.3, -0.25) is 9.59 Å². The maximum atomic E-state index is 13.4. The number of alkyl halides is 1. The molecule has 5 rings (SSSR count). The molecule has 5 unspecified atom stereocenters. The van der Waals surface area contributed by atoms with Crippen LogP contribution in [0.3, 0.4) is 0 Å². The first kappa shape index (κ1) is 56.1. The van der Waals surface area contributed by atoms with Gasteiger partial charge in [0.05, 0.1) is 64.5 Å². The number of ether oxygens (including phenoxy) is 9. The number of para-hydroxylation sites is 1. The normalized spacial score (nSPS) is 31.9. The van der Waals surface area contributed by atoms with Crippen LogP contribution >= 0.6 is 0 Å². The lowest BCUT2D eigenvalue weighted by Gasteiger charge is -2.48. The Balaban J connectivity index is 1.22. The number of nitrogens with zero attached hydrogens (tertiary/aromatic N) is 3. The number of nitrogens with one attached hydrogen (secondary N) is 2. The van der Waals surface area contributed by atoms with Crippen LogP contribution in [-0.2, 0) is 47.5 Å². The fourth-order valence-electron chi connectivity index (χ4n) is 7.50. The van der Waals surface area contributed by atoms with Gasteiger partial charge in [-0.1, -0.05) is 29.4 Å². The van der Waals surface area contributed by atoms with E-state index in [2.05, 4.69) is 20.7 Å². The SMILES string of the molecule is [N-]=[N+]=NCCOCCOCCO[C@@H]1OC(CO)[C@@H](O[C@@H]2OC(CO[C@]3(C(=O)O)C[C@@H](O)[C@@H](NC(=O)CF)C([C@H](O)[C@H](O)CNC(=O)c4cccc(Oc5ccccc5)c4)O3)[C@H](O)[C@H](O)C2O)[C@H](O)C1O. The third kappa shape index (κ3) is 14.9. The van der Waals surface area contributed by atoms with Crippen LogP contribution in [0.1, 0.15) is 16.8 Å². The molecular weight excluding hydrogens is 945 g/mol. The highest BCUT2D eigenvalue weighted by atomic mass is 19.1. The van der Waals surface area contributed by atoms with Gasteiger partial charge in [0.15, 0.2) is 19.3 Å². The van der Waals surface area contributed by atoms with Crippen molar-refractivity contribution in [2.75, 3.05) is 66.0 Å². The van der Waals surface area contributed by atoms with Crippen molar-refractivity contribution in [2.45, 2.75) is 104 Å². The number of aliphatic hydroxyl groups is 9. The van der Waals surface area contributed by atoms with Crippen molar-refractivity contribution in [1.29, 1.82) is 0 Å². The van der Waals surface area contributed by atoms with Crippen LogP contribution in [0.2, 0.25) is 0 Å². The van der Waals surface area contributed by atoms with Gasteiger partial charge in [0.25, 0.3) is 17.6 Å². The molecule has 70 heavy (non-hydrogen) atoms. The van der Waals surface area contributed by atoms with Gasteiger partial charge in [-0.2, -0.15) is 0 Å². The van der Waals surface area contributed by atoms with Gasteiger partial charge < -0.3 is 104 Å². The molecule has 0 saturated carbocycles. The van der Waals surface area contributed by atoms with Crippen LogP contribution in [0.15, 0.2) is 59.7 Å². The Hall–Kier alpha value is -4.79. The minimum absolute atomic E-state index is 0.0206. The van der Waals surface area contributed by atoms with E-state index in [4.69, 9.17) is 48.2 Å². The Bertz CT molecular complexity index is 2010. The van der Waals surface area contributed by atoms with Gasteiger partial charge in [0.2, 0.25) is 0 Å². The van der Waals surface area contributed by atoms with Crippen LogP contribution < -0.4 is 15.4 Å². The molecule has 16 atom stereocenters. The number of carbonyl (C=O) groups is 3. The number of benzene rings is 2. The van der Waals surface area contributed by atoms with Crippen molar-refractivity contribution in [3.8, 4) is 11.5 Å². The topological polar surface area (TPSA) is 409 Å². The van der Waals surface area contributed by atoms with Crippen LogP contribution in [0.4, 0.5) is 4.39 Å². The molecule has 0 spiro atoms. The Morgan fingerprint density at radius 2 is 1.53 bits per heavy atom. The fourth-order valence-corrected chi connectivity index (χ4v) is 7.50. The monoisotopic (exact) mass is 1000 g/mol. The van der Waals surface area contributed by atoms with Crippen LogP contribution in [0.5, 0.6) is 11.5 Å². The Kier molecular flexibility index (Phi) is 21.8. The maximum absolute atomic E-state index is 13.4. The van der Waals surface area contributed by atoms with E-state index in [-0.39, 0.29) is 50.9 Å². The predicted molar refractivity (Wildman–Crippen MR) is 228 cm³/mol. The number of carboxylic acids is 1. The van der Waals surface area contributed by atoms with Gasteiger partial charge in [-0.15, -0.1) is 0 Å². The molecule has 0 aromatic heterocycles. The zero-order valence-corrected chi connectivity index (χ0v) is 37.2. The number of hydrogen-bond donors (Lipinski definition) is 12.